The first-order valence-corrected chi connectivity index (χ1v) is 14.9. The predicted molar refractivity (Wildman–Crippen MR) is 178 cm³/mol. The van der Waals surface area contributed by atoms with E-state index in [-0.39, 0.29) is 5.41 Å². The minimum absolute atomic E-state index is 0.0898. The van der Waals surface area contributed by atoms with Crippen molar-refractivity contribution in [2.45, 2.75) is 32.1 Å². The van der Waals surface area contributed by atoms with Gasteiger partial charge in [-0.15, -0.1) is 0 Å². The van der Waals surface area contributed by atoms with Crippen LogP contribution in [-0.4, -0.2) is 15.0 Å². The molecule has 0 N–H and O–H groups in total. The molecule has 1 aliphatic rings. The fourth-order valence-corrected chi connectivity index (χ4v) is 5.93. The highest BCUT2D eigenvalue weighted by atomic mass is 15.0. The van der Waals surface area contributed by atoms with E-state index in [4.69, 9.17) is 15.0 Å². The van der Waals surface area contributed by atoms with Gasteiger partial charge in [0.1, 0.15) is 0 Å². The van der Waals surface area contributed by atoms with Gasteiger partial charge in [-0.25, -0.2) is 15.0 Å². The Labute approximate surface area is 253 Å². The summed E-state index contributed by atoms with van der Waals surface area (Å²) in [7, 11) is 0. The van der Waals surface area contributed by atoms with Crippen molar-refractivity contribution >= 4 is 16.3 Å². The van der Waals surface area contributed by atoms with Crippen molar-refractivity contribution in [1.29, 1.82) is 0 Å². The lowest BCUT2D eigenvalue weighted by Crippen LogP contribution is -2.21. The molecule has 3 nitrogen and oxygen atoms in total. The number of nitrogens with zero attached hydrogens (tertiary/aromatic N) is 3. The number of benzene rings is 5. The van der Waals surface area contributed by atoms with Crippen LogP contribution in [0.4, 0.5) is 0 Å². The van der Waals surface area contributed by atoms with Gasteiger partial charge < -0.3 is 0 Å². The topological polar surface area (TPSA) is 38.7 Å². The van der Waals surface area contributed by atoms with E-state index in [1.165, 1.54) is 33.0 Å². The molecule has 0 unspecified atom stereocenters. The lowest BCUT2D eigenvalue weighted by atomic mass is 9.73. The fourth-order valence-electron chi connectivity index (χ4n) is 5.93. The molecule has 0 saturated heterocycles. The highest BCUT2D eigenvalue weighted by Crippen LogP contribution is 2.39. The van der Waals surface area contributed by atoms with Crippen LogP contribution in [0, 0.1) is 0 Å². The molecule has 0 aliphatic heterocycles. The number of hydrogen-bond donors (Lipinski definition) is 0. The average molecular weight is 556 g/mol. The quantitative estimate of drug-likeness (QED) is 0.205. The molecule has 208 valence electrons. The van der Waals surface area contributed by atoms with Gasteiger partial charge in [0, 0.05) is 16.5 Å². The van der Waals surface area contributed by atoms with E-state index in [2.05, 4.69) is 117 Å². The Morgan fingerprint density at radius 3 is 1.63 bits per heavy atom. The Balaban J connectivity index is 1.18. The van der Waals surface area contributed by atoms with Gasteiger partial charge in [-0.1, -0.05) is 153 Å². The van der Waals surface area contributed by atoms with Gasteiger partial charge in [0.15, 0.2) is 17.5 Å². The molecule has 1 heterocycles. The van der Waals surface area contributed by atoms with Crippen molar-refractivity contribution in [2.24, 2.45) is 0 Å². The largest absolute Gasteiger partial charge is 0.209 e. The molecule has 5 aromatic carbocycles. The summed E-state index contributed by atoms with van der Waals surface area (Å²) in [6, 6.07) is 44.6. The van der Waals surface area contributed by atoms with Crippen molar-refractivity contribution < 1.29 is 0 Å². The zero-order valence-corrected chi connectivity index (χ0v) is 24.5. The molecule has 6 aromatic rings. The van der Waals surface area contributed by atoms with Crippen LogP contribution >= 0.6 is 0 Å². The zero-order valence-electron chi connectivity index (χ0n) is 24.5. The molecule has 0 bridgehead atoms. The first-order valence-electron chi connectivity index (χ1n) is 14.9. The first-order chi connectivity index (χ1) is 21.0. The van der Waals surface area contributed by atoms with Crippen molar-refractivity contribution in [2.75, 3.05) is 0 Å². The predicted octanol–water partition coefficient (Wildman–Crippen LogP) is 10.1. The molecule has 0 fully saturated rings. The summed E-state index contributed by atoms with van der Waals surface area (Å²) in [4.78, 5) is 14.7. The van der Waals surface area contributed by atoms with Crippen molar-refractivity contribution in [3.63, 3.8) is 0 Å². The molecule has 3 heteroatoms. The molecule has 43 heavy (non-hydrogen) atoms. The van der Waals surface area contributed by atoms with Crippen LogP contribution in [0.25, 0.3) is 50.2 Å². The first kappa shape index (κ1) is 26.7. The van der Waals surface area contributed by atoms with Crippen LogP contribution in [0.1, 0.15) is 38.1 Å². The molecule has 0 saturated carbocycles. The Bertz CT molecular complexity index is 1910. The van der Waals surface area contributed by atoms with Crippen molar-refractivity contribution in [3.8, 4) is 33.9 Å². The Morgan fingerprint density at radius 1 is 0.465 bits per heavy atom. The van der Waals surface area contributed by atoms with Gasteiger partial charge in [-0.2, -0.15) is 0 Å². The smallest absolute Gasteiger partial charge is 0.164 e. The summed E-state index contributed by atoms with van der Waals surface area (Å²) in [5, 5.41) is 2.54. The third-order valence-electron chi connectivity index (χ3n) is 8.63. The summed E-state index contributed by atoms with van der Waals surface area (Å²) in [5.41, 5.74) is 8.25. The third kappa shape index (κ3) is 5.42. The van der Waals surface area contributed by atoms with Crippen molar-refractivity contribution in [3.05, 3.63) is 157 Å². The monoisotopic (exact) mass is 555 g/mol. The van der Waals surface area contributed by atoms with Crippen LogP contribution in [0.2, 0.25) is 0 Å². The van der Waals surface area contributed by atoms with E-state index >= 15 is 0 Å². The summed E-state index contributed by atoms with van der Waals surface area (Å²) < 4.78 is 0. The lowest BCUT2D eigenvalue weighted by molar-refractivity contribution is 0.592. The molecule has 0 amide bonds. The van der Waals surface area contributed by atoms with E-state index < -0.39 is 0 Å². The number of rotatable bonds is 6. The maximum absolute atomic E-state index is 4.94. The molecular weight excluding hydrogens is 522 g/mol. The van der Waals surface area contributed by atoms with E-state index in [9.17, 15) is 0 Å². The van der Waals surface area contributed by atoms with Gasteiger partial charge in [0.2, 0.25) is 0 Å². The highest BCUT2D eigenvalue weighted by Gasteiger charge is 2.27. The van der Waals surface area contributed by atoms with E-state index in [0.717, 1.165) is 35.4 Å². The second-order valence-corrected chi connectivity index (χ2v) is 11.7. The fraction of sp³-hybridized carbons (Fsp3) is 0.125. The van der Waals surface area contributed by atoms with Crippen LogP contribution in [0.15, 0.2) is 145 Å². The number of allylic oxidation sites excluding steroid dienone is 4. The van der Waals surface area contributed by atoms with E-state index in [1.54, 1.807) is 0 Å². The molecule has 1 aromatic heterocycles. The van der Waals surface area contributed by atoms with Gasteiger partial charge in [0.05, 0.1) is 0 Å². The molecule has 0 radical (unpaired) electrons. The number of fused-ring (bicyclic) bond motifs is 1. The minimum atomic E-state index is -0.0898. The summed E-state index contributed by atoms with van der Waals surface area (Å²) in [5.74, 6) is 2.15. The Kier molecular flexibility index (Phi) is 7.00. The summed E-state index contributed by atoms with van der Waals surface area (Å²) in [6.07, 6.45) is 6.34. The maximum Gasteiger partial charge on any atom is 0.164 e. The minimum Gasteiger partial charge on any atom is -0.209 e. The summed E-state index contributed by atoms with van der Waals surface area (Å²) >= 11 is 0. The second-order valence-electron chi connectivity index (χ2n) is 11.7. The normalized spacial score (nSPS) is 13.4. The van der Waals surface area contributed by atoms with E-state index in [0.29, 0.717) is 11.6 Å². The van der Waals surface area contributed by atoms with E-state index in [1.807, 2.05) is 36.4 Å². The van der Waals surface area contributed by atoms with Gasteiger partial charge >= 0.3 is 0 Å². The molecule has 0 atom stereocenters. The maximum atomic E-state index is 4.94. The molecule has 0 spiro atoms. The third-order valence-corrected chi connectivity index (χ3v) is 8.63. The van der Waals surface area contributed by atoms with Gasteiger partial charge in [0.25, 0.3) is 0 Å². The molecule has 1 aliphatic carbocycles. The van der Waals surface area contributed by atoms with Crippen LogP contribution < -0.4 is 0 Å². The van der Waals surface area contributed by atoms with Gasteiger partial charge in [-0.3, -0.25) is 0 Å². The standard InChI is InChI=1S/C40H33N3/c1-40(2,35-23-19-29(20-24-35)34-18-17-28-11-9-10-16-33(28)27-34)36-25-21-32(22-26-36)39-42-37(30-12-5-3-6-13-30)41-38(43-39)31-14-7-4-8-15-31/h3-21,23-25,27H,22,26H2,1-2H3. The van der Waals surface area contributed by atoms with Crippen LogP contribution in [0.5, 0.6) is 0 Å². The SMILES string of the molecule is CC(C)(C1=CC=C(c2nc(-c3ccccc3)nc(-c3ccccc3)n2)CC1)c1ccc(-c2ccc3ccccc3c2)cc1. The number of aromatic nitrogens is 3. The van der Waals surface area contributed by atoms with Crippen molar-refractivity contribution in [1.82, 2.24) is 15.0 Å². The molecule has 7 rings (SSSR count). The van der Waals surface area contributed by atoms with Crippen LogP contribution in [-0.2, 0) is 5.41 Å². The lowest BCUT2D eigenvalue weighted by Gasteiger charge is -2.31. The second kappa shape index (κ2) is 11.3. The number of hydrogen-bond acceptors (Lipinski definition) is 3. The summed E-state index contributed by atoms with van der Waals surface area (Å²) in [6.45, 7) is 4.65. The Hall–Kier alpha value is -5.15. The highest BCUT2D eigenvalue weighted by molar-refractivity contribution is 5.87. The van der Waals surface area contributed by atoms with Crippen LogP contribution in [0.3, 0.4) is 0 Å². The average Bonchev–Trinajstić information content (AvgIpc) is 3.09. The Morgan fingerprint density at radius 2 is 1.02 bits per heavy atom. The van der Waals surface area contributed by atoms with Gasteiger partial charge in [-0.05, 0) is 51.9 Å². The molecular formula is C40H33N3. The zero-order chi connectivity index (χ0) is 29.2.